The van der Waals surface area contributed by atoms with Crippen molar-refractivity contribution in [2.45, 2.75) is 38.5 Å². The molecule has 17 heavy (non-hydrogen) atoms. The van der Waals surface area contributed by atoms with Crippen molar-refractivity contribution in [3.05, 3.63) is 33.8 Å². The van der Waals surface area contributed by atoms with Crippen LogP contribution in [0, 0.1) is 5.41 Å². The van der Waals surface area contributed by atoms with E-state index in [0.717, 1.165) is 29.8 Å². The summed E-state index contributed by atoms with van der Waals surface area (Å²) < 4.78 is 0. The molecule has 0 unspecified atom stereocenters. The molecule has 2 rings (SSSR count). The second-order valence-electron chi connectivity index (χ2n) is 5.13. The first-order valence-corrected chi connectivity index (χ1v) is 6.96. The molecule has 0 aliphatic heterocycles. The molecule has 1 aliphatic rings. The van der Waals surface area contributed by atoms with Crippen molar-refractivity contribution in [2.75, 3.05) is 6.61 Å². The zero-order valence-corrected chi connectivity index (χ0v) is 11.4. The molecule has 0 bridgehead atoms. The summed E-state index contributed by atoms with van der Waals surface area (Å²) in [5.74, 6) is 0. The largest absolute Gasteiger partial charge is 0.396 e. The summed E-state index contributed by atoms with van der Waals surface area (Å²) in [5.41, 5.74) is 1.09. The van der Waals surface area contributed by atoms with Gasteiger partial charge >= 0.3 is 0 Å². The number of rotatable bonds is 3. The van der Waals surface area contributed by atoms with E-state index in [2.05, 4.69) is 0 Å². The molecule has 0 amide bonds. The van der Waals surface area contributed by atoms with Crippen LogP contribution in [-0.2, 0) is 6.42 Å². The van der Waals surface area contributed by atoms with E-state index in [9.17, 15) is 5.11 Å². The Labute approximate surface area is 113 Å². The van der Waals surface area contributed by atoms with Crippen LogP contribution in [-0.4, -0.2) is 11.7 Å². The van der Waals surface area contributed by atoms with Gasteiger partial charge in [0.05, 0.1) is 0 Å². The Balaban J connectivity index is 2.20. The van der Waals surface area contributed by atoms with Gasteiger partial charge in [-0.1, -0.05) is 42.5 Å². The molecule has 1 fully saturated rings. The Morgan fingerprint density at radius 2 is 1.82 bits per heavy atom. The molecule has 0 atom stereocenters. The molecule has 1 nitrogen and oxygen atoms in total. The molecule has 1 N–H and O–H groups in total. The minimum Gasteiger partial charge on any atom is -0.396 e. The van der Waals surface area contributed by atoms with Crippen molar-refractivity contribution < 1.29 is 5.11 Å². The average Bonchev–Trinajstić information content (AvgIpc) is 2.35. The Morgan fingerprint density at radius 3 is 2.47 bits per heavy atom. The minimum absolute atomic E-state index is 0.0204. The lowest BCUT2D eigenvalue weighted by Crippen LogP contribution is -2.30. The molecule has 3 heteroatoms. The van der Waals surface area contributed by atoms with Crippen LogP contribution in [0.2, 0.25) is 10.0 Å². The zero-order valence-electron chi connectivity index (χ0n) is 9.88. The molecule has 0 heterocycles. The molecule has 0 spiro atoms. The summed E-state index contributed by atoms with van der Waals surface area (Å²) >= 11 is 12.2. The lowest BCUT2D eigenvalue weighted by molar-refractivity contribution is 0.0824. The van der Waals surface area contributed by atoms with Gasteiger partial charge in [-0.25, -0.2) is 0 Å². The summed E-state index contributed by atoms with van der Waals surface area (Å²) in [5, 5.41) is 11.2. The van der Waals surface area contributed by atoms with E-state index in [1.165, 1.54) is 19.3 Å². The van der Waals surface area contributed by atoms with E-state index in [0.29, 0.717) is 5.02 Å². The highest BCUT2D eigenvalue weighted by Crippen LogP contribution is 2.40. The molecule has 1 saturated carbocycles. The summed E-state index contributed by atoms with van der Waals surface area (Å²) in [4.78, 5) is 0. The fourth-order valence-electron chi connectivity index (χ4n) is 2.78. The van der Waals surface area contributed by atoms with Crippen molar-refractivity contribution in [1.82, 2.24) is 0 Å². The van der Waals surface area contributed by atoms with Crippen LogP contribution >= 0.6 is 23.2 Å². The van der Waals surface area contributed by atoms with E-state index >= 15 is 0 Å². The number of aliphatic hydroxyl groups excluding tert-OH is 1. The number of aliphatic hydroxyl groups is 1. The molecule has 1 aliphatic carbocycles. The highest BCUT2D eigenvalue weighted by atomic mass is 35.5. The van der Waals surface area contributed by atoms with Crippen LogP contribution < -0.4 is 0 Å². The lowest BCUT2D eigenvalue weighted by Gasteiger charge is -2.36. The van der Waals surface area contributed by atoms with Gasteiger partial charge in [-0.15, -0.1) is 0 Å². The summed E-state index contributed by atoms with van der Waals surface area (Å²) in [6, 6.07) is 5.57. The Kier molecular flexibility index (Phi) is 4.35. The number of hydrogen-bond donors (Lipinski definition) is 1. The lowest BCUT2D eigenvalue weighted by atomic mass is 9.71. The first kappa shape index (κ1) is 13.2. The third kappa shape index (κ3) is 3.15. The highest BCUT2D eigenvalue weighted by Gasteiger charge is 2.32. The van der Waals surface area contributed by atoms with Crippen LogP contribution in [0.15, 0.2) is 18.2 Å². The smallest absolute Gasteiger partial charge is 0.0490 e. The summed E-state index contributed by atoms with van der Waals surface area (Å²) in [6.45, 7) is 0.246. The zero-order chi connectivity index (χ0) is 12.3. The van der Waals surface area contributed by atoms with Crippen LogP contribution in [0.3, 0.4) is 0 Å². The van der Waals surface area contributed by atoms with Gasteiger partial charge in [0.15, 0.2) is 0 Å². The van der Waals surface area contributed by atoms with E-state index in [4.69, 9.17) is 23.2 Å². The van der Waals surface area contributed by atoms with E-state index < -0.39 is 0 Å². The van der Waals surface area contributed by atoms with Crippen molar-refractivity contribution in [3.8, 4) is 0 Å². The van der Waals surface area contributed by atoms with E-state index in [1.807, 2.05) is 12.1 Å². The second-order valence-corrected chi connectivity index (χ2v) is 5.97. The number of benzene rings is 1. The molecular weight excluding hydrogens is 255 g/mol. The third-order valence-electron chi connectivity index (χ3n) is 3.82. The fourth-order valence-corrected chi connectivity index (χ4v) is 3.15. The number of halogens is 2. The standard InChI is InChI=1S/C14H18Cl2O/c15-12-4-5-13(16)11(8-12)9-14(10-17)6-2-1-3-7-14/h4-5,8,17H,1-3,6-7,9-10H2. The van der Waals surface area contributed by atoms with Crippen LogP contribution in [0.25, 0.3) is 0 Å². The van der Waals surface area contributed by atoms with Crippen molar-refractivity contribution >= 4 is 23.2 Å². The van der Waals surface area contributed by atoms with Gasteiger partial charge in [0.25, 0.3) is 0 Å². The SMILES string of the molecule is OCC1(Cc2cc(Cl)ccc2Cl)CCCCC1. The predicted octanol–water partition coefficient (Wildman–Crippen LogP) is 4.48. The predicted molar refractivity (Wildman–Crippen MR) is 72.8 cm³/mol. The average molecular weight is 273 g/mol. The third-order valence-corrected chi connectivity index (χ3v) is 4.43. The molecule has 0 aromatic heterocycles. The van der Waals surface area contributed by atoms with Gasteiger partial charge in [-0.3, -0.25) is 0 Å². The van der Waals surface area contributed by atoms with Gasteiger partial charge in [0.1, 0.15) is 0 Å². The monoisotopic (exact) mass is 272 g/mol. The molecule has 0 radical (unpaired) electrons. The maximum Gasteiger partial charge on any atom is 0.0490 e. The maximum absolute atomic E-state index is 9.69. The number of hydrogen-bond acceptors (Lipinski definition) is 1. The molecule has 94 valence electrons. The second kappa shape index (κ2) is 5.60. The highest BCUT2D eigenvalue weighted by molar-refractivity contribution is 6.33. The van der Waals surface area contributed by atoms with Gasteiger partial charge in [-0.2, -0.15) is 0 Å². The van der Waals surface area contributed by atoms with Gasteiger partial charge < -0.3 is 5.11 Å². The van der Waals surface area contributed by atoms with Crippen LogP contribution in [0.1, 0.15) is 37.7 Å². The van der Waals surface area contributed by atoms with E-state index in [1.54, 1.807) is 6.07 Å². The molecule has 0 saturated heterocycles. The van der Waals surface area contributed by atoms with Crippen LogP contribution in [0.4, 0.5) is 0 Å². The minimum atomic E-state index is 0.0204. The quantitative estimate of drug-likeness (QED) is 0.860. The maximum atomic E-state index is 9.69. The first-order valence-electron chi connectivity index (χ1n) is 6.20. The van der Waals surface area contributed by atoms with E-state index in [-0.39, 0.29) is 12.0 Å². The Morgan fingerprint density at radius 1 is 1.12 bits per heavy atom. The first-order chi connectivity index (χ1) is 8.15. The Bertz CT molecular complexity index is 384. The normalized spacial score (nSPS) is 19.2. The summed E-state index contributed by atoms with van der Waals surface area (Å²) in [6.07, 6.45) is 6.71. The van der Waals surface area contributed by atoms with Gasteiger partial charge in [-0.05, 0) is 48.4 Å². The molecule has 1 aromatic carbocycles. The van der Waals surface area contributed by atoms with Crippen molar-refractivity contribution in [3.63, 3.8) is 0 Å². The van der Waals surface area contributed by atoms with Gasteiger partial charge in [0, 0.05) is 16.7 Å². The fraction of sp³-hybridized carbons (Fsp3) is 0.571. The Hall–Kier alpha value is -0.240. The van der Waals surface area contributed by atoms with Crippen molar-refractivity contribution in [2.24, 2.45) is 5.41 Å². The molecular formula is C14H18Cl2O. The topological polar surface area (TPSA) is 20.2 Å². The van der Waals surface area contributed by atoms with Crippen molar-refractivity contribution in [1.29, 1.82) is 0 Å². The van der Waals surface area contributed by atoms with Gasteiger partial charge in [0.2, 0.25) is 0 Å². The summed E-state index contributed by atoms with van der Waals surface area (Å²) in [7, 11) is 0. The molecule has 1 aromatic rings. The van der Waals surface area contributed by atoms with Crippen LogP contribution in [0.5, 0.6) is 0 Å².